The van der Waals surface area contributed by atoms with Gasteiger partial charge in [-0.05, 0) is 29.0 Å². The third-order valence-corrected chi connectivity index (χ3v) is 6.31. The zero-order chi connectivity index (χ0) is 19.3. The van der Waals surface area contributed by atoms with Crippen LogP contribution in [0.5, 0.6) is 5.75 Å². The van der Waals surface area contributed by atoms with Crippen molar-refractivity contribution in [3.8, 4) is 5.75 Å². The number of carbonyl (C=O) groups is 1. The molecule has 140 valence electrons. The fourth-order valence-corrected chi connectivity index (χ4v) is 4.69. The summed E-state index contributed by atoms with van der Waals surface area (Å²) in [5, 5.41) is 6.22. The van der Waals surface area contributed by atoms with Gasteiger partial charge in [0.1, 0.15) is 5.75 Å². The van der Waals surface area contributed by atoms with Gasteiger partial charge in [0.2, 0.25) is 0 Å². The lowest BCUT2D eigenvalue weighted by Crippen LogP contribution is -2.19. The topological polar surface area (TPSA) is 63.6 Å². The van der Waals surface area contributed by atoms with Gasteiger partial charge in [-0.2, -0.15) is 5.10 Å². The molecule has 0 radical (unpaired) electrons. The SMILES string of the molecule is COc1ccc2ccccc2c1/C=N\NC(=O)CSc1nc2ccccc2s1. The average Bonchev–Trinajstić information content (AvgIpc) is 3.15. The van der Waals surface area contributed by atoms with Crippen LogP contribution in [0.1, 0.15) is 5.56 Å². The van der Waals surface area contributed by atoms with E-state index in [9.17, 15) is 4.79 Å². The number of hydrazone groups is 1. The van der Waals surface area contributed by atoms with Gasteiger partial charge in [0, 0.05) is 5.56 Å². The van der Waals surface area contributed by atoms with E-state index in [1.807, 2.05) is 60.7 Å². The quantitative estimate of drug-likeness (QED) is 0.286. The highest BCUT2D eigenvalue weighted by molar-refractivity contribution is 8.01. The molecule has 5 nitrogen and oxygen atoms in total. The van der Waals surface area contributed by atoms with Crippen molar-refractivity contribution in [1.82, 2.24) is 10.4 Å². The first-order valence-electron chi connectivity index (χ1n) is 8.60. The first kappa shape index (κ1) is 18.5. The van der Waals surface area contributed by atoms with Gasteiger partial charge in [0.05, 0.1) is 29.3 Å². The summed E-state index contributed by atoms with van der Waals surface area (Å²) < 4.78 is 7.42. The zero-order valence-corrected chi connectivity index (χ0v) is 16.7. The van der Waals surface area contributed by atoms with Crippen molar-refractivity contribution in [2.45, 2.75) is 4.34 Å². The molecule has 4 aromatic rings. The number of fused-ring (bicyclic) bond motifs is 2. The number of benzene rings is 3. The van der Waals surface area contributed by atoms with E-state index in [0.717, 1.165) is 30.9 Å². The first-order chi connectivity index (χ1) is 13.7. The number of nitrogens with zero attached hydrogens (tertiary/aromatic N) is 2. The number of thiazole rings is 1. The Bertz CT molecular complexity index is 1140. The maximum Gasteiger partial charge on any atom is 0.250 e. The summed E-state index contributed by atoms with van der Waals surface area (Å²) in [6, 6.07) is 19.8. The lowest BCUT2D eigenvalue weighted by Gasteiger charge is -2.08. The number of amides is 1. The minimum absolute atomic E-state index is 0.181. The number of hydrogen-bond acceptors (Lipinski definition) is 6. The van der Waals surface area contributed by atoms with E-state index in [1.54, 1.807) is 24.7 Å². The van der Waals surface area contributed by atoms with E-state index in [0.29, 0.717) is 5.75 Å². The molecule has 0 aliphatic heterocycles. The van der Waals surface area contributed by atoms with E-state index in [-0.39, 0.29) is 11.7 Å². The van der Waals surface area contributed by atoms with Crippen LogP contribution in [0, 0.1) is 0 Å². The molecular formula is C21H17N3O2S2. The Kier molecular flexibility index (Phi) is 5.55. The van der Waals surface area contributed by atoms with Gasteiger partial charge >= 0.3 is 0 Å². The van der Waals surface area contributed by atoms with E-state index in [2.05, 4.69) is 15.5 Å². The summed E-state index contributed by atoms with van der Waals surface area (Å²) in [5.41, 5.74) is 4.37. The molecule has 4 rings (SSSR count). The van der Waals surface area contributed by atoms with E-state index < -0.39 is 0 Å². The van der Waals surface area contributed by atoms with Crippen molar-refractivity contribution in [2.75, 3.05) is 12.9 Å². The number of rotatable bonds is 6. The van der Waals surface area contributed by atoms with Gasteiger partial charge in [-0.15, -0.1) is 11.3 Å². The fourth-order valence-electron chi connectivity index (χ4n) is 2.83. The zero-order valence-electron chi connectivity index (χ0n) is 15.1. The van der Waals surface area contributed by atoms with Crippen LogP contribution in [-0.2, 0) is 4.79 Å². The van der Waals surface area contributed by atoms with Crippen molar-refractivity contribution < 1.29 is 9.53 Å². The Morgan fingerprint density at radius 1 is 1.18 bits per heavy atom. The highest BCUT2D eigenvalue weighted by Gasteiger charge is 2.08. The monoisotopic (exact) mass is 407 g/mol. The van der Waals surface area contributed by atoms with Crippen LogP contribution < -0.4 is 10.2 Å². The van der Waals surface area contributed by atoms with Crippen molar-refractivity contribution in [3.63, 3.8) is 0 Å². The maximum absolute atomic E-state index is 12.1. The molecule has 0 fully saturated rings. The standard InChI is InChI=1S/C21H17N3O2S2/c1-26-18-11-10-14-6-2-3-7-15(14)16(18)12-22-24-20(25)13-27-21-23-17-8-4-5-9-19(17)28-21/h2-12H,13H2,1H3,(H,24,25)/b22-12-. The lowest BCUT2D eigenvalue weighted by atomic mass is 10.0. The van der Waals surface area contributed by atoms with Crippen LogP contribution in [-0.4, -0.2) is 30.0 Å². The van der Waals surface area contributed by atoms with Gasteiger partial charge in [-0.1, -0.05) is 54.2 Å². The highest BCUT2D eigenvalue weighted by Crippen LogP contribution is 2.29. The van der Waals surface area contributed by atoms with E-state index in [4.69, 9.17) is 4.74 Å². The van der Waals surface area contributed by atoms with Crippen LogP contribution in [0.15, 0.2) is 70.1 Å². The minimum Gasteiger partial charge on any atom is -0.496 e. The summed E-state index contributed by atoms with van der Waals surface area (Å²) in [6.45, 7) is 0. The van der Waals surface area contributed by atoms with Gasteiger partial charge < -0.3 is 4.74 Å². The molecule has 0 aliphatic rings. The molecule has 0 aliphatic carbocycles. The van der Waals surface area contributed by atoms with Gasteiger partial charge in [0.15, 0.2) is 4.34 Å². The average molecular weight is 408 g/mol. The van der Waals surface area contributed by atoms with Crippen LogP contribution in [0.4, 0.5) is 0 Å². The van der Waals surface area contributed by atoms with Crippen molar-refractivity contribution in [2.24, 2.45) is 5.10 Å². The van der Waals surface area contributed by atoms with Crippen LogP contribution in [0.25, 0.3) is 21.0 Å². The lowest BCUT2D eigenvalue weighted by molar-refractivity contribution is -0.118. The first-order valence-corrected chi connectivity index (χ1v) is 10.4. The summed E-state index contributed by atoms with van der Waals surface area (Å²) >= 11 is 2.99. The van der Waals surface area contributed by atoms with Crippen molar-refractivity contribution in [3.05, 3.63) is 66.2 Å². The second-order valence-electron chi connectivity index (χ2n) is 5.93. The number of para-hydroxylation sites is 1. The molecule has 1 heterocycles. The molecule has 1 aromatic heterocycles. The Hall–Kier alpha value is -2.90. The number of carbonyl (C=O) groups excluding carboxylic acids is 1. The molecule has 0 unspecified atom stereocenters. The molecule has 0 saturated heterocycles. The third kappa shape index (κ3) is 4.00. The van der Waals surface area contributed by atoms with Crippen LogP contribution >= 0.6 is 23.1 Å². The Morgan fingerprint density at radius 3 is 2.86 bits per heavy atom. The van der Waals surface area contributed by atoms with E-state index >= 15 is 0 Å². The Balaban J connectivity index is 1.42. The molecule has 0 spiro atoms. The maximum atomic E-state index is 12.1. The van der Waals surface area contributed by atoms with Crippen LogP contribution in [0.3, 0.4) is 0 Å². The molecule has 0 saturated carbocycles. The predicted molar refractivity (Wildman–Crippen MR) is 117 cm³/mol. The van der Waals surface area contributed by atoms with Gasteiger partial charge in [-0.3, -0.25) is 4.79 Å². The Labute approximate surface area is 170 Å². The number of aromatic nitrogens is 1. The molecule has 28 heavy (non-hydrogen) atoms. The molecule has 7 heteroatoms. The second-order valence-corrected chi connectivity index (χ2v) is 8.19. The predicted octanol–water partition coefficient (Wildman–Crippen LogP) is 4.70. The summed E-state index contributed by atoms with van der Waals surface area (Å²) in [4.78, 5) is 16.7. The summed E-state index contributed by atoms with van der Waals surface area (Å²) in [6.07, 6.45) is 1.63. The number of methoxy groups -OCH3 is 1. The van der Waals surface area contributed by atoms with Crippen LogP contribution in [0.2, 0.25) is 0 Å². The smallest absolute Gasteiger partial charge is 0.250 e. The fraction of sp³-hybridized carbons (Fsp3) is 0.0952. The third-order valence-electron chi connectivity index (χ3n) is 4.13. The number of hydrogen-bond donors (Lipinski definition) is 1. The molecular weight excluding hydrogens is 390 g/mol. The van der Waals surface area contributed by atoms with Crippen molar-refractivity contribution >= 4 is 56.2 Å². The molecule has 3 aromatic carbocycles. The van der Waals surface area contributed by atoms with Crippen molar-refractivity contribution in [1.29, 1.82) is 0 Å². The normalized spacial score (nSPS) is 11.3. The highest BCUT2D eigenvalue weighted by atomic mass is 32.2. The molecule has 1 amide bonds. The Morgan fingerprint density at radius 2 is 2.00 bits per heavy atom. The largest absolute Gasteiger partial charge is 0.496 e. The number of nitrogens with one attached hydrogen (secondary N) is 1. The number of ether oxygens (including phenoxy) is 1. The summed E-state index contributed by atoms with van der Waals surface area (Å²) in [5.74, 6) is 0.782. The molecule has 0 atom stereocenters. The molecule has 0 bridgehead atoms. The summed E-state index contributed by atoms with van der Waals surface area (Å²) in [7, 11) is 1.62. The van der Waals surface area contributed by atoms with Gasteiger partial charge in [0.25, 0.3) is 5.91 Å². The minimum atomic E-state index is -0.181. The van der Waals surface area contributed by atoms with E-state index in [1.165, 1.54) is 11.8 Å². The van der Waals surface area contributed by atoms with Gasteiger partial charge in [-0.25, -0.2) is 10.4 Å². The molecule has 1 N–H and O–H groups in total. The number of thioether (sulfide) groups is 1. The second kappa shape index (κ2) is 8.41.